The summed E-state index contributed by atoms with van der Waals surface area (Å²) >= 11 is 3.42. The molecule has 0 aliphatic carbocycles. The van der Waals surface area contributed by atoms with Gasteiger partial charge >= 0.3 is 0 Å². The van der Waals surface area contributed by atoms with E-state index >= 15 is 0 Å². The summed E-state index contributed by atoms with van der Waals surface area (Å²) in [6.45, 7) is 1.65. The monoisotopic (exact) mass is 289 g/mol. The highest BCUT2D eigenvalue weighted by molar-refractivity contribution is 8.00. The summed E-state index contributed by atoms with van der Waals surface area (Å²) in [4.78, 5) is 16.8. The van der Waals surface area contributed by atoms with E-state index in [1.54, 1.807) is 23.1 Å². The van der Waals surface area contributed by atoms with Crippen LogP contribution >= 0.6 is 23.1 Å². The molecule has 1 aliphatic heterocycles. The summed E-state index contributed by atoms with van der Waals surface area (Å²) in [6, 6.07) is 12.2. The molecule has 3 rings (SSSR count). The Morgan fingerprint density at radius 3 is 2.95 bits per heavy atom. The molecule has 4 heteroatoms. The fourth-order valence-corrected chi connectivity index (χ4v) is 3.93. The van der Waals surface area contributed by atoms with Crippen molar-refractivity contribution in [1.82, 2.24) is 4.90 Å². The normalized spacial score (nSPS) is 14.2. The predicted octanol–water partition coefficient (Wildman–Crippen LogP) is 3.43. The molecule has 0 N–H and O–H groups in total. The van der Waals surface area contributed by atoms with E-state index in [1.165, 1.54) is 10.4 Å². The van der Waals surface area contributed by atoms with Crippen LogP contribution in [0.3, 0.4) is 0 Å². The van der Waals surface area contributed by atoms with Crippen molar-refractivity contribution in [3.05, 3.63) is 52.2 Å². The number of carbonyl (C=O) groups is 1. The van der Waals surface area contributed by atoms with Gasteiger partial charge in [0.25, 0.3) is 0 Å². The largest absolute Gasteiger partial charge is 0.337 e. The van der Waals surface area contributed by atoms with Crippen LogP contribution in [-0.4, -0.2) is 23.1 Å². The Balaban J connectivity index is 1.57. The molecule has 2 heterocycles. The van der Waals surface area contributed by atoms with Gasteiger partial charge in [0.1, 0.15) is 0 Å². The van der Waals surface area contributed by atoms with Crippen LogP contribution in [0.2, 0.25) is 0 Å². The van der Waals surface area contributed by atoms with E-state index in [1.807, 2.05) is 35.2 Å². The lowest BCUT2D eigenvalue weighted by Crippen LogP contribution is -2.36. The first kappa shape index (κ1) is 12.8. The van der Waals surface area contributed by atoms with Crippen molar-refractivity contribution >= 4 is 29.0 Å². The molecule has 0 fully saturated rings. The summed E-state index contributed by atoms with van der Waals surface area (Å²) in [7, 11) is 0. The van der Waals surface area contributed by atoms with Crippen LogP contribution in [-0.2, 0) is 17.8 Å². The molecule has 0 bridgehead atoms. The molecule has 1 aromatic heterocycles. The first-order valence-corrected chi connectivity index (χ1v) is 8.20. The number of thiophene rings is 1. The Kier molecular flexibility index (Phi) is 3.89. The van der Waals surface area contributed by atoms with Gasteiger partial charge in [-0.25, -0.2) is 0 Å². The van der Waals surface area contributed by atoms with E-state index in [-0.39, 0.29) is 5.91 Å². The lowest BCUT2D eigenvalue weighted by Gasteiger charge is -2.26. The Bertz CT molecular complexity index is 565. The third kappa shape index (κ3) is 3.01. The molecule has 0 spiro atoms. The van der Waals surface area contributed by atoms with Crippen LogP contribution in [0.4, 0.5) is 0 Å². The molecule has 0 atom stereocenters. The average molecular weight is 289 g/mol. The highest BCUT2D eigenvalue weighted by Gasteiger charge is 2.21. The second-order valence-electron chi connectivity index (χ2n) is 4.54. The van der Waals surface area contributed by atoms with Crippen molar-refractivity contribution in [2.24, 2.45) is 0 Å². The zero-order valence-electron chi connectivity index (χ0n) is 10.5. The molecule has 19 heavy (non-hydrogen) atoms. The van der Waals surface area contributed by atoms with Crippen molar-refractivity contribution in [2.45, 2.75) is 17.9 Å². The van der Waals surface area contributed by atoms with Gasteiger partial charge in [-0.15, -0.1) is 23.1 Å². The van der Waals surface area contributed by atoms with Gasteiger partial charge < -0.3 is 4.90 Å². The summed E-state index contributed by atoms with van der Waals surface area (Å²) in [5.74, 6) is 0.773. The van der Waals surface area contributed by atoms with Crippen LogP contribution in [0.1, 0.15) is 10.4 Å². The number of fused-ring (bicyclic) bond motifs is 1. The SMILES string of the molecule is O=C(CSc1ccccc1)N1CCc2sccc2C1. The van der Waals surface area contributed by atoms with E-state index < -0.39 is 0 Å². The first-order chi connectivity index (χ1) is 9.33. The number of amides is 1. The van der Waals surface area contributed by atoms with Crippen molar-refractivity contribution in [3.63, 3.8) is 0 Å². The van der Waals surface area contributed by atoms with Gasteiger partial charge in [-0.2, -0.15) is 0 Å². The quantitative estimate of drug-likeness (QED) is 0.807. The predicted molar refractivity (Wildman–Crippen MR) is 80.6 cm³/mol. The third-order valence-electron chi connectivity index (χ3n) is 3.27. The highest BCUT2D eigenvalue weighted by Crippen LogP contribution is 2.25. The van der Waals surface area contributed by atoms with E-state index in [0.29, 0.717) is 5.75 Å². The average Bonchev–Trinajstić information content (AvgIpc) is 2.93. The number of hydrogen-bond acceptors (Lipinski definition) is 3. The number of benzene rings is 1. The summed E-state index contributed by atoms with van der Waals surface area (Å²) in [5.41, 5.74) is 1.33. The third-order valence-corrected chi connectivity index (χ3v) is 5.29. The Morgan fingerprint density at radius 2 is 2.11 bits per heavy atom. The zero-order valence-corrected chi connectivity index (χ0v) is 12.2. The maximum atomic E-state index is 12.2. The number of rotatable bonds is 3. The lowest BCUT2D eigenvalue weighted by atomic mass is 10.1. The maximum absolute atomic E-state index is 12.2. The van der Waals surface area contributed by atoms with Crippen molar-refractivity contribution in [1.29, 1.82) is 0 Å². The minimum absolute atomic E-state index is 0.241. The number of carbonyl (C=O) groups excluding carboxylic acids is 1. The zero-order chi connectivity index (χ0) is 13.1. The summed E-state index contributed by atoms with van der Waals surface area (Å²) in [5, 5.41) is 2.12. The molecular formula is C15H15NOS2. The highest BCUT2D eigenvalue weighted by atomic mass is 32.2. The molecule has 0 saturated heterocycles. The maximum Gasteiger partial charge on any atom is 0.233 e. The molecule has 98 valence electrons. The molecule has 0 radical (unpaired) electrons. The van der Waals surface area contributed by atoms with Gasteiger partial charge in [0, 0.05) is 22.9 Å². The van der Waals surface area contributed by atoms with Crippen LogP contribution in [0.15, 0.2) is 46.7 Å². The molecule has 1 aliphatic rings. The van der Waals surface area contributed by atoms with E-state index in [2.05, 4.69) is 11.4 Å². The Labute approximate surface area is 121 Å². The van der Waals surface area contributed by atoms with Gasteiger partial charge in [0.15, 0.2) is 0 Å². The van der Waals surface area contributed by atoms with Crippen molar-refractivity contribution < 1.29 is 4.79 Å². The van der Waals surface area contributed by atoms with Gasteiger partial charge in [-0.1, -0.05) is 18.2 Å². The first-order valence-electron chi connectivity index (χ1n) is 6.34. The molecule has 1 aromatic carbocycles. The van der Waals surface area contributed by atoms with Crippen LogP contribution in [0, 0.1) is 0 Å². The number of nitrogens with zero attached hydrogens (tertiary/aromatic N) is 1. The lowest BCUT2D eigenvalue weighted by molar-refractivity contribution is -0.129. The van der Waals surface area contributed by atoms with Crippen molar-refractivity contribution in [3.8, 4) is 0 Å². The summed E-state index contributed by atoms with van der Waals surface area (Å²) < 4.78 is 0. The molecule has 2 nitrogen and oxygen atoms in total. The standard InChI is InChI=1S/C15H15NOS2/c17-15(11-19-13-4-2-1-3-5-13)16-8-6-14-12(10-16)7-9-18-14/h1-5,7,9H,6,8,10-11H2. The Hall–Kier alpha value is -1.26. The van der Waals surface area contributed by atoms with E-state index in [4.69, 9.17) is 0 Å². The van der Waals surface area contributed by atoms with Gasteiger partial charge in [0.2, 0.25) is 5.91 Å². The van der Waals surface area contributed by atoms with E-state index in [0.717, 1.165) is 24.4 Å². The van der Waals surface area contributed by atoms with E-state index in [9.17, 15) is 4.79 Å². The van der Waals surface area contributed by atoms with Crippen LogP contribution in [0.25, 0.3) is 0 Å². The van der Waals surface area contributed by atoms with Crippen LogP contribution in [0.5, 0.6) is 0 Å². The fraction of sp³-hybridized carbons (Fsp3) is 0.267. The van der Waals surface area contributed by atoms with Gasteiger partial charge in [-0.3, -0.25) is 4.79 Å². The van der Waals surface area contributed by atoms with Gasteiger partial charge in [-0.05, 0) is 35.6 Å². The minimum Gasteiger partial charge on any atom is -0.337 e. The molecular weight excluding hydrogens is 274 g/mol. The summed E-state index contributed by atoms with van der Waals surface area (Å²) in [6.07, 6.45) is 1.01. The topological polar surface area (TPSA) is 20.3 Å². The second kappa shape index (κ2) is 5.80. The molecule has 1 amide bonds. The Morgan fingerprint density at radius 1 is 1.26 bits per heavy atom. The number of thioether (sulfide) groups is 1. The van der Waals surface area contributed by atoms with Crippen LogP contribution < -0.4 is 0 Å². The molecule has 0 unspecified atom stereocenters. The van der Waals surface area contributed by atoms with Gasteiger partial charge in [0.05, 0.1) is 5.75 Å². The second-order valence-corrected chi connectivity index (χ2v) is 6.59. The molecule has 0 saturated carbocycles. The number of hydrogen-bond donors (Lipinski definition) is 0. The fourth-order valence-electron chi connectivity index (χ4n) is 2.21. The molecule has 2 aromatic rings. The smallest absolute Gasteiger partial charge is 0.233 e. The van der Waals surface area contributed by atoms with Crippen molar-refractivity contribution in [2.75, 3.05) is 12.3 Å². The minimum atomic E-state index is 0.241.